The summed E-state index contributed by atoms with van der Waals surface area (Å²) in [5.74, 6) is -0.562. The number of nitrogens with one attached hydrogen (secondary N) is 1. The Morgan fingerprint density at radius 2 is 1.80 bits per heavy atom. The topological polar surface area (TPSA) is 145 Å². The van der Waals surface area contributed by atoms with Gasteiger partial charge in [0.2, 0.25) is 5.89 Å². The minimum Gasteiger partial charge on any atom is -0.407 e. The molecule has 11 heteroatoms. The highest BCUT2D eigenvalue weighted by atomic mass is 32.2. The molecule has 0 radical (unpaired) electrons. The molecule has 2 aromatic carbocycles. The van der Waals surface area contributed by atoms with Gasteiger partial charge in [-0.25, -0.2) is 8.42 Å². The van der Waals surface area contributed by atoms with Crippen LogP contribution in [0.4, 0.5) is 11.7 Å². The van der Waals surface area contributed by atoms with Gasteiger partial charge in [0, 0.05) is 6.07 Å². The van der Waals surface area contributed by atoms with E-state index in [1.807, 2.05) is 0 Å². The summed E-state index contributed by atoms with van der Waals surface area (Å²) in [5.41, 5.74) is 0.258. The fourth-order valence-corrected chi connectivity index (χ4v) is 3.67. The van der Waals surface area contributed by atoms with Crippen molar-refractivity contribution in [2.45, 2.75) is 30.4 Å². The molecule has 1 aromatic heterocycles. The van der Waals surface area contributed by atoms with Gasteiger partial charge in [0.05, 0.1) is 21.5 Å². The molecule has 10 nitrogen and oxygen atoms in total. The highest BCUT2D eigenvalue weighted by molar-refractivity contribution is 7.92. The Bertz CT molecular complexity index is 1190. The molecule has 0 aliphatic carbocycles. The Kier molecular flexibility index (Phi) is 5.92. The Morgan fingerprint density at radius 1 is 1.13 bits per heavy atom. The summed E-state index contributed by atoms with van der Waals surface area (Å²) in [6.07, 6.45) is 0.219. The average molecular weight is 430 g/mol. The van der Waals surface area contributed by atoms with Crippen LogP contribution >= 0.6 is 0 Å². The van der Waals surface area contributed by atoms with Crippen LogP contribution in [-0.2, 0) is 16.3 Å². The van der Waals surface area contributed by atoms with Crippen molar-refractivity contribution in [3.05, 3.63) is 75.7 Å². The maximum Gasteiger partial charge on any atom is 0.322 e. The minimum atomic E-state index is -3.36. The van der Waals surface area contributed by atoms with Crippen LogP contribution in [0.5, 0.6) is 0 Å². The second-order valence-electron chi connectivity index (χ2n) is 6.64. The zero-order valence-corrected chi connectivity index (χ0v) is 16.9. The van der Waals surface area contributed by atoms with E-state index in [9.17, 15) is 23.3 Å². The van der Waals surface area contributed by atoms with Gasteiger partial charge >= 0.3 is 6.01 Å². The van der Waals surface area contributed by atoms with E-state index < -0.39 is 25.9 Å². The molecule has 156 valence electrons. The number of carbonyl (C=O) groups excluding carboxylic acids is 1. The molecular formula is C19H18N4O6S. The summed E-state index contributed by atoms with van der Waals surface area (Å²) >= 11 is 0. The van der Waals surface area contributed by atoms with Crippen LogP contribution in [0.15, 0.2) is 57.8 Å². The van der Waals surface area contributed by atoms with Crippen LogP contribution in [0.3, 0.4) is 0 Å². The first-order chi connectivity index (χ1) is 14.2. The maximum absolute atomic E-state index is 12.3. The number of carbonyl (C=O) groups is 1. The summed E-state index contributed by atoms with van der Waals surface area (Å²) in [6.45, 7) is 3.23. The van der Waals surface area contributed by atoms with E-state index in [2.05, 4.69) is 15.5 Å². The summed E-state index contributed by atoms with van der Waals surface area (Å²) in [5, 5.41) is 20.4. The number of sulfone groups is 1. The lowest BCUT2D eigenvalue weighted by Gasteiger charge is -2.08. The van der Waals surface area contributed by atoms with Gasteiger partial charge in [0.15, 0.2) is 9.84 Å². The van der Waals surface area contributed by atoms with Crippen molar-refractivity contribution < 1.29 is 22.6 Å². The van der Waals surface area contributed by atoms with Crippen LogP contribution in [0.2, 0.25) is 0 Å². The molecule has 0 aliphatic rings. The predicted molar refractivity (Wildman–Crippen MR) is 107 cm³/mol. The number of amides is 1. The van der Waals surface area contributed by atoms with Crippen molar-refractivity contribution >= 4 is 27.4 Å². The molecule has 1 N–H and O–H groups in total. The molecule has 0 spiro atoms. The Morgan fingerprint density at radius 3 is 2.43 bits per heavy atom. The number of nitrogens with zero attached hydrogens (tertiary/aromatic N) is 3. The average Bonchev–Trinajstić information content (AvgIpc) is 3.14. The Labute approximate surface area is 172 Å². The van der Waals surface area contributed by atoms with Crippen molar-refractivity contribution in [1.29, 1.82) is 0 Å². The molecule has 1 amide bonds. The zero-order valence-electron chi connectivity index (χ0n) is 16.1. The summed E-state index contributed by atoms with van der Waals surface area (Å²) < 4.78 is 29.7. The van der Waals surface area contributed by atoms with Crippen molar-refractivity contribution in [3.8, 4) is 0 Å². The van der Waals surface area contributed by atoms with Crippen molar-refractivity contribution in [3.63, 3.8) is 0 Å². The second-order valence-corrected chi connectivity index (χ2v) is 9.15. The molecule has 0 unspecified atom stereocenters. The predicted octanol–water partition coefficient (Wildman–Crippen LogP) is 3.00. The van der Waals surface area contributed by atoms with E-state index in [-0.39, 0.29) is 34.5 Å². The second kappa shape index (κ2) is 8.41. The normalized spacial score (nSPS) is 11.4. The highest BCUT2D eigenvalue weighted by Gasteiger charge is 2.21. The SMILES string of the molecule is CC(C)S(=O)(=O)c1ccc(Cc2nnc(NC(=O)c3ccccc3[N+](=O)[O-])o2)cc1. The van der Waals surface area contributed by atoms with Gasteiger partial charge in [0.1, 0.15) is 5.56 Å². The number of rotatable bonds is 7. The van der Waals surface area contributed by atoms with Gasteiger partial charge in [-0.05, 0) is 37.6 Å². The van der Waals surface area contributed by atoms with Crippen LogP contribution in [0.25, 0.3) is 0 Å². The van der Waals surface area contributed by atoms with E-state index in [0.29, 0.717) is 0 Å². The number of para-hydroxylation sites is 1. The van der Waals surface area contributed by atoms with Crippen LogP contribution in [0, 0.1) is 10.1 Å². The maximum atomic E-state index is 12.3. The molecule has 0 fully saturated rings. The van der Waals surface area contributed by atoms with Crippen LogP contribution in [0.1, 0.15) is 35.7 Å². The minimum absolute atomic E-state index is 0.135. The van der Waals surface area contributed by atoms with Crippen molar-refractivity contribution in [2.75, 3.05) is 5.32 Å². The number of aromatic nitrogens is 2. The Hall–Kier alpha value is -3.60. The quantitative estimate of drug-likeness (QED) is 0.445. The van der Waals surface area contributed by atoms with E-state index in [4.69, 9.17) is 4.42 Å². The number of hydrogen-bond donors (Lipinski definition) is 1. The van der Waals surface area contributed by atoms with Gasteiger partial charge in [-0.2, -0.15) is 0 Å². The summed E-state index contributed by atoms with van der Waals surface area (Å²) in [7, 11) is -3.36. The third-order valence-corrected chi connectivity index (χ3v) is 6.43. The summed E-state index contributed by atoms with van der Waals surface area (Å²) in [6, 6.07) is 11.6. The monoisotopic (exact) mass is 430 g/mol. The molecule has 3 aromatic rings. The molecule has 0 saturated heterocycles. The first kappa shape index (κ1) is 21.1. The smallest absolute Gasteiger partial charge is 0.322 e. The first-order valence-corrected chi connectivity index (χ1v) is 10.4. The fraction of sp³-hybridized carbons (Fsp3) is 0.211. The molecule has 3 rings (SSSR count). The zero-order chi connectivity index (χ0) is 21.9. The number of benzene rings is 2. The lowest BCUT2D eigenvalue weighted by Crippen LogP contribution is -2.14. The van der Waals surface area contributed by atoms with E-state index in [0.717, 1.165) is 5.56 Å². The molecule has 1 heterocycles. The lowest BCUT2D eigenvalue weighted by molar-refractivity contribution is -0.385. The molecular weight excluding hydrogens is 412 g/mol. The summed E-state index contributed by atoms with van der Waals surface area (Å²) in [4.78, 5) is 22.9. The third kappa shape index (κ3) is 4.51. The number of nitro benzene ring substituents is 1. The van der Waals surface area contributed by atoms with Gasteiger partial charge in [-0.15, -0.1) is 5.10 Å². The molecule has 0 bridgehead atoms. The largest absolute Gasteiger partial charge is 0.407 e. The molecule has 0 saturated carbocycles. The number of anilines is 1. The molecule has 0 atom stereocenters. The van der Waals surface area contributed by atoms with Crippen molar-refractivity contribution in [2.24, 2.45) is 0 Å². The number of hydrogen-bond acceptors (Lipinski definition) is 8. The van der Waals surface area contributed by atoms with E-state index >= 15 is 0 Å². The third-order valence-electron chi connectivity index (χ3n) is 4.26. The highest BCUT2D eigenvalue weighted by Crippen LogP contribution is 2.20. The van der Waals surface area contributed by atoms with Gasteiger partial charge in [-0.3, -0.25) is 20.2 Å². The van der Waals surface area contributed by atoms with Crippen molar-refractivity contribution in [1.82, 2.24) is 10.2 Å². The van der Waals surface area contributed by atoms with Gasteiger partial charge in [-0.1, -0.05) is 29.4 Å². The molecule has 0 aliphatic heterocycles. The molecule has 30 heavy (non-hydrogen) atoms. The first-order valence-electron chi connectivity index (χ1n) is 8.88. The number of nitro groups is 1. The van der Waals surface area contributed by atoms with Crippen LogP contribution < -0.4 is 5.32 Å². The standard InChI is InChI=1S/C19H18N4O6S/c1-12(2)30(27,28)14-9-7-13(8-10-14)11-17-21-22-19(29-17)20-18(24)15-5-3-4-6-16(15)23(25)26/h3-10,12H,11H2,1-2H3,(H,20,22,24). The Balaban J connectivity index is 1.70. The lowest BCUT2D eigenvalue weighted by atomic mass is 10.1. The van der Waals surface area contributed by atoms with E-state index in [1.165, 1.54) is 36.4 Å². The van der Waals surface area contributed by atoms with E-state index in [1.54, 1.807) is 26.0 Å². The fourth-order valence-electron chi connectivity index (χ4n) is 2.61. The van der Waals surface area contributed by atoms with Crippen LogP contribution in [-0.4, -0.2) is 34.7 Å². The van der Waals surface area contributed by atoms with Gasteiger partial charge < -0.3 is 4.42 Å². The van der Waals surface area contributed by atoms with Gasteiger partial charge in [0.25, 0.3) is 11.6 Å².